The van der Waals surface area contributed by atoms with Crippen LogP contribution in [0.1, 0.15) is 57.8 Å². The Kier molecular flexibility index (Phi) is 11.6. The van der Waals surface area contributed by atoms with Crippen LogP contribution in [0.5, 0.6) is 5.75 Å². The van der Waals surface area contributed by atoms with Crippen LogP contribution in [-0.4, -0.2) is 24.1 Å². The highest BCUT2D eigenvalue weighted by atomic mass is 16.6. The minimum Gasteiger partial charge on any atom is -0.494 e. The Morgan fingerprint density at radius 2 is 1.42 bits per heavy atom. The molecule has 0 saturated heterocycles. The Morgan fingerprint density at radius 1 is 0.923 bits per heavy atom. The van der Waals surface area contributed by atoms with Gasteiger partial charge in [-0.3, -0.25) is 10.1 Å². The third kappa shape index (κ3) is 10.5. The Labute approximate surface area is 155 Å². The summed E-state index contributed by atoms with van der Waals surface area (Å²) in [6.45, 7) is 4.48. The zero-order valence-corrected chi connectivity index (χ0v) is 15.4. The van der Waals surface area contributed by atoms with Gasteiger partial charge in [-0.05, 0) is 25.0 Å². The van der Waals surface area contributed by atoms with E-state index in [9.17, 15) is 14.9 Å². The highest BCUT2D eigenvalue weighted by Crippen LogP contribution is 2.17. The minimum atomic E-state index is -0.415. The van der Waals surface area contributed by atoms with E-state index in [2.05, 4.69) is 6.58 Å². The lowest BCUT2D eigenvalue weighted by atomic mass is 10.1. The summed E-state index contributed by atoms with van der Waals surface area (Å²) in [4.78, 5) is 21.0. The first kappa shape index (κ1) is 21.7. The number of nitro benzene ring substituents is 1. The maximum Gasteiger partial charge on any atom is 0.330 e. The molecule has 1 rings (SSSR count). The number of hydrogen-bond donors (Lipinski definition) is 0. The van der Waals surface area contributed by atoms with E-state index in [0.717, 1.165) is 25.7 Å². The quantitative estimate of drug-likeness (QED) is 0.140. The van der Waals surface area contributed by atoms with Crippen LogP contribution in [0, 0.1) is 10.1 Å². The van der Waals surface area contributed by atoms with Gasteiger partial charge in [0.25, 0.3) is 5.69 Å². The molecule has 0 aromatic heterocycles. The fourth-order valence-electron chi connectivity index (χ4n) is 2.53. The summed E-state index contributed by atoms with van der Waals surface area (Å²) in [6.07, 6.45) is 11.4. The second-order valence-electron chi connectivity index (χ2n) is 6.15. The highest BCUT2D eigenvalue weighted by Gasteiger charge is 2.04. The zero-order chi connectivity index (χ0) is 19.0. The molecule has 0 unspecified atom stereocenters. The van der Waals surface area contributed by atoms with Crippen molar-refractivity contribution in [1.29, 1.82) is 0 Å². The SMILES string of the molecule is C=CC(=O)OCCCCCCCCCCCOc1ccc([N+](=O)[O-])cc1. The summed E-state index contributed by atoms with van der Waals surface area (Å²) in [5.41, 5.74) is 0.0788. The average molecular weight is 363 g/mol. The van der Waals surface area contributed by atoms with Crippen molar-refractivity contribution in [2.45, 2.75) is 57.8 Å². The highest BCUT2D eigenvalue weighted by molar-refractivity contribution is 5.81. The average Bonchev–Trinajstić information content (AvgIpc) is 2.65. The van der Waals surface area contributed by atoms with Crippen molar-refractivity contribution >= 4 is 11.7 Å². The lowest BCUT2D eigenvalue weighted by Crippen LogP contribution is -2.01. The third-order valence-corrected chi connectivity index (χ3v) is 4.02. The molecule has 0 N–H and O–H groups in total. The zero-order valence-electron chi connectivity index (χ0n) is 15.4. The fraction of sp³-hybridized carbons (Fsp3) is 0.550. The summed E-state index contributed by atoms with van der Waals surface area (Å²) < 4.78 is 10.5. The van der Waals surface area contributed by atoms with Gasteiger partial charge in [-0.25, -0.2) is 4.79 Å². The molecule has 6 nitrogen and oxygen atoms in total. The van der Waals surface area contributed by atoms with Crippen molar-refractivity contribution in [3.05, 3.63) is 47.0 Å². The van der Waals surface area contributed by atoms with Gasteiger partial charge >= 0.3 is 5.97 Å². The molecule has 6 heteroatoms. The Bertz CT molecular complexity index is 542. The van der Waals surface area contributed by atoms with E-state index in [0.29, 0.717) is 19.0 Å². The van der Waals surface area contributed by atoms with Gasteiger partial charge in [0.1, 0.15) is 5.75 Å². The summed E-state index contributed by atoms with van der Waals surface area (Å²) >= 11 is 0. The van der Waals surface area contributed by atoms with Crippen molar-refractivity contribution in [3.63, 3.8) is 0 Å². The van der Waals surface area contributed by atoms with E-state index < -0.39 is 4.92 Å². The standard InChI is InChI=1S/C20H29NO5/c1-2-20(22)26-17-11-9-7-5-3-4-6-8-10-16-25-19-14-12-18(13-15-19)21(23)24/h2,12-15H,1,3-11,16-17H2. The van der Waals surface area contributed by atoms with Gasteiger partial charge in [-0.2, -0.15) is 0 Å². The molecule has 0 aliphatic carbocycles. The number of unbranched alkanes of at least 4 members (excludes halogenated alkanes) is 8. The molecule has 26 heavy (non-hydrogen) atoms. The molecule has 0 atom stereocenters. The number of benzene rings is 1. The first-order valence-corrected chi connectivity index (χ1v) is 9.30. The van der Waals surface area contributed by atoms with Gasteiger partial charge in [-0.15, -0.1) is 0 Å². The maximum absolute atomic E-state index is 10.8. The molecule has 0 spiro atoms. The predicted molar refractivity (Wildman–Crippen MR) is 101 cm³/mol. The van der Waals surface area contributed by atoms with Crippen LogP contribution in [0.15, 0.2) is 36.9 Å². The lowest BCUT2D eigenvalue weighted by Gasteiger charge is -2.06. The van der Waals surface area contributed by atoms with Gasteiger partial charge in [0.2, 0.25) is 0 Å². The topological polar surface area (TPSA) is 78.7 Å². The van der Waals surface area contributed by atoms with E-state index in [1.54, 1.807) is 12.1 Å². The molecule has 0 saturated carbocycles. The third-order valence-electron chi connectivity index (χ3n) is 4.02. The smallest absolute Gasteiger partial charge is 0.330 e. The molecule has 0 heterocycles. The Hall–Kier alpha value is -2.37. The van der Waals surface area contributed by atoms with Crippen LogP contribution in [0.4, 0.5) is 5.69 Å². The molecule has 0 amide bonds. The normalized spacial score (nSPS) is 10.3. The number of ether oxygens (including phenoxy) is 2. The Morgan fingerprint density at radius 3 is 1.92 bits per heavy atom. The Balaban J connectivity index is 1.87. The fourth-order valence-corrected chi connectivity index (χ4v) is 2.53. The number of rotatable bonds is 15. The van der Waals surface area contributed by atoms with Crippen molar-refractivity contribution in [1.82, 2.24) is 0 Å². The van der Waals surface area contributed by atoms with Gasteiger partial charge in [0.05, 0.1) is 18.1 Å². The molecule has 0 radical (unpaired) electrons. The number of hydrogen-bond acceptors (Lipinski definition) is 5. The second kappa shape index (κ2) is 13.9. The molecule has 0 bridgehead atoms. The van der Waals surface area contributed by atoms with Crippen molar-refractivity contribution in [2.75, 3.05) is 13.2 Å². The van der Waals surface area contributed by atoms with Gasteiger partial charge in [0, 0.05) is 18.2 Å². The number of nitrogens with zero attached hydrogens (tertiary/aromatic N) is 1. The molecule has 0 aliphatic heterocycles. The van der Waals surface area contributed by atoms with E-state index in [1.165, 1.54) is 50.3 Å². The monoisotopic (exact) mass is 363 g/mol. The molecule has 1 aromatic carbocycles. The van der Waals surface area contributed by atoms with Crippen LogP contribution in [0.25, 0.3) is 0 Å². The second-order valence-corrected chi connectivity index (χ2v) is 6.15. The molecule has 144 valence electrons. The largest absolute Gasteiger partial charge is 0.494 e. The molecule has 1 aromatic rings. The molecular weight excluding hydrogens is 334 g/mol. The molecule has 0 aliphatic rings. The van der Waals surface area contributed by atoms with Gasteiger partial charge in [-0.1, -0.05) is 51.5 Å². The summed E-state index contributed by atoms with van der Waals surface area (Å²) in [6, 6.07) is 6.19. The number of non-ortho nitro benzene ring substituents is 1. The van der Waals surface area contributed by atoms with Gasteiger partial charge < -0.3 is 9.47 Å². The predicted octanol–water partition coefficient (Wildman–Crippen LogP) is 5.21. The van der Waals surface area contributed by atoms with E-state index in [-0.39, 0.29) is 11.7 Å². The van der Waals surface area contributed by atoms with Crippen LogP contribution < -0.4 is 4.74 Å². The maximum atomic E-state index is 10.8. The lowest BCUT2D eigenvalue weighted by molar-refractivity contribution is -0.384. The van der Waals surface area contributed by atoms with Crippen molar-refractivity contribution < 1.29 is 19.2 Å². The first-order chi connectivity index (χ1) is 12.6. The summed E-state index contributed by atoms with van der Waals surface area (Å²) in [7, 11) is 0. The van der Waals surface area contributed by atoms with E-state index in [1.807, 2.05) is 0 Å². The first-order valence-electron chi connectivity index (χ1n) is 9.30. The minimum absolute atomic E-state index is 0.0788. The number of nitro groups is 1. The van der Waals surface area contributed by atoms with Crippen molar-refractivity contribution in [3.8, 4) is 5.75 Å². The van der Waals surface area contributed by atoms with Crippen molar-refractivity contribution in [2.24, 2.45) is 0 Å². The summed E-state index contributed by atoms with van der Waals surface area (Å²) in [5, 5.41) is 10.6. The summed E-state index contributed by atoms with van der Waals surface area (Å²) in [5.74, 6) is 0.330. The molecular formula is C20H29NO5. The van der Waals surface area contributed by atoms with Crippen LogP contribution in [-0.2, 0) is 9.53 Å². The number of carbonyl (C=O) groups excluding carboxylic acids is 1. The number of esters is 1. The number of carbonyl (C=O) groups is 1. The van der Waals surface area contributed by atoms with E-state index in [4.69, 9.17) is 9.47 Å². The van der Waals surface area contributed by atoms with Crippen LogP contribution in [0.2, 0.25) is 0 Å². The molecule has 0 fully saturated rings. The van der Waals surface area contributed by atoms with E-state index >= 15 is 0 Å². The van der Waals surface area contributed by atoms with Crippen LogP contribution >= 0.6 is 0 Å². The van der Waals surface area contributed by atoms with Crippen LogP contribution in [0.3, 0.4) is 0 Å². The van der Waals surface area contributed by atoms with Gasteiger partial charge in [0.15, 0.2) is 0 Å².